The van der Waals surface area contributed by atoms with Crippen LogP contribution in [0, 0.1) is 0 Å². The van der Waals surface area contributed by atoms with Crippen molar-refractivity contribution in [1.82, 2.24) is 24.8 Å². The summed E-state index contributed by atoms with van der Waals surface area (Å²) in [4.78, 5) is 45.9. The third kappa shape index (κ3) is 6.45. The molecule has 3 aromatic rings. The number of anilines is 1. The molecule has 10 heteroatoms. The van der Waals surface area contributed by atoms with Gasteiger partial charge >= 0.3 is 6.09 Å². The van der Waals surface area contributed by atoms with Gasteiger partial charge in [0.1, 0.15) is 23.4 Å². The van der Waals surface area contributed by atoms with E-state index in [1.165, 1.54) is 0 Å². The van der Waals surface area contributed by atoms with Gasteiger partial charge < -0.3 is 24.4 Å². The van der Waals surface area contributed by atoms with Crippen LogP contribution >= 0.6 is 11.6 Å². The quantitative estimate of drug-likeness (QED) is 0.368. The molecule has 4 heterocycles. The Morgan fingerprint density at radius 1 is 1.10 bits per heavy atom. The van der Waals surface area contributed by atoms with E-state index >= 15 is 0 Å². The second kappa shape index (κ2) is 11.9. The van der Waals surface area contributed by atoms with E-state index in [9.17, 15) is 9.59 Å². The van der Waals surface area contributed by atoms with Gasteiger partial charge in [-0.15, -0.1) is 0 Å². The Morgan fingerprint density at radius 3 is 2.41 bits per heavy atom. The fourth-order valence-electron chi connectivity index (χ4n) is 6.21. The summed E-state index contributed by atoms with van der Waals surface area (Å²) >= 11 is 6.22. The smallest absolute Gasteiger partial charge is 0.410 e. The maximum Gasteiger partial charge on any atom is 0.410 e. The summed E-state index contributed by atoms with van der Waals surface area (Å²) in [5.41, 5.74) is 1.14. The second-order valence-corrected chi connectivity index (χ2v) is 12.9. The number of hydrogen-bond donors (Lipinski definition) is 1. The molecule has 1 N–H and O–H groups in total. The molecule has 220 valence electrons. The van der Waals surface area contributed by atoms with Gasteiger partial charge in [-0.25, -0.2) is 14.8 Å². The molecule has 41 heavy (non-hydrogen) atoms. The number of amides is 2. The minimum absolute atomic E-state index is 0.0631. The van der Waals surface area contributed by atoms with Crippen LogP contribution in [0.15, 0.2) is 42.9 Å². The summed E-state index contributed by atoms with van der Waals surface area (Å²) in [5, 5.41) is 1.63. The van der Waals surface area contributed by atoms with Gasteiger partial charge in [0.05, 0.1) is 11.3 Å². The van der Waals surface area contributed by atoms with Crippen LogP contribution in [0.4, 0.5) is 10.6 Å². The molecule has 2 aromatic heterocycles. The number of piperazine rings is 1. The number of carbonyl (C=O) groups excluding carboxylic acids is 2. The van der Waals surface area contributed by atoms with E-state index in [0.29, 0.717) is 18.0 Å². The zero-order chi connectivity index (χ0) is 29.3. The number of rotatable bonds is 7. The topological polar surface area (TPSA) is 94.7 Å². The highest BCUT2D eigenvalue weighted by atomic mass is 35.5. The van der Waals surface area contributed by atoms with Gasteiger partial charge in [0, 0.05) is 49.0 Å². The number of H-pyrrole nitrogens is 1. The van der Waals surface area contributed by atoms with E-state index in [-0.39, 0.29) is 30.1 Å². The Labute approximate surface area is 247 Å². The van der Waals surface area contributed by atoms with Crippen LogP contribution in [0.3, 0.4) is 0 Å². The van der Waals surface area contributed by atoms with E-state index in [0.717, 1.165) is 54.8 Å². The van der Waals surface area contributed by atoms with Gasteiger partial charge in [-0.3, -0.25) is 4.79 Å². The molecule has 2 fully saturated rings. The van der Waals surface area contributed by atoms with Crippen LogP contribution < -0.4 is 4.90 Å². The maximum absolute atomic E-state index is 14.5. The zero-order valence-corrected chi connectivity index (χ0v) is 25.4. The Balaban J connectivity index is 1.39. The molecule has 0 aliphatic carbocycles. The number of carbonyl (C=O) groups is 2. The number of hydrogen-bond acceptors (Lipinski definition) is 6. The number of piperidine rings is 1. The van der Waals surface area contributed by atoms with E-state index in [2.05, 4.69) is 24.8 Å². The van der Waals surface area contributed by atoms with E-state index in [1.54, 1.807) is 11.2 Å². The fraction of sp³-hybridized carbons (Fsp3) is 0.548. The average molecular weight is 581 g/mol. The summed E-state index contributed by atoms with van der Waals surface area (Å²) in [6.07, 6.45) is 6.62. The number of fused-ring (bicyclic) bond motifs is 3. The molecule has 2 saturated heterocycles. The van der Waals surface area contributed by atoms with Crippen LogP contribution in [0.25, 0.3) is 11.0 Å². The zero-order valence-electron chi connectivity index (χ0n) is 24.6. The molecule has 2 aliphatic rings. The van der Waals surface area contributed by atoms with Gasteiger partial charge in [-0.1, -0.05) is 23.7 Å². The van der Waals surface area contributed by atoms with Gasteiger partial charge in [0.2, 0.25) is 5.91 Å². The van der Waals surface area contributed by atoms with Gasteiger partial charge in [-0.2, -0.15) is 0 Å². The number of ether oxygens (including phenoxy) is 1. The van der Waals surface area contributed by atoms with Crippen LogP contribution in [0.1, 0.15) is 71.8 Å². The van der Waals surface area contributed by atoms with Crippen molar-refractivity contribution in [3.8, 4) is 0 Å². The number of aromatic amines is 1. The van der Waals surface area contributed by atoms with Crippen LogP contribution in [-0.4, -0.2) is 80.1 Å². The first-order chi connectivity index (χ1) is 19.5. The molecule has 0 spiro atoms. The molecule has 9 nitrogen and oxygen atoms in total. The van der Waals surface area contributed by atoms with Crippen molar-refractivity contribution in [2.45, 2.75) is 89.9 Å². The van der Waals surface area contributed by atoms with Crippen molar-refractivity contribution >= 4 is 40.5 Å². The molecule has 1 aromatic carbocycles. The standard InChI is InChI=1S/C31H41ClN6O3/c1-20(2)37(30(40)41-31(3,4)5)16-14-25(21-9-11-22(32)12-10-21)29(39)38-23-7-6-8-24(38)18-36(17-23)28-26-13-15-33-27(26)34-19-35-28/h9-13,15,19-20,23-25H,6-8,14,16-18H2,1-5H3,(H,33,34,35)/t23?,24?,25-/m1/s1. The largest absolute Gasteiger partial charge is 0.444 e. The number of aromatic nitrogens is 3. The minimum atomic E-state index is -0.595. The van der Waals surface area contributed by atoms with Gasteiger partial charge in [0.25, 0.3) is 0 Å². The van der Waals surface area contributed by atoms with E-state index < -0.39 is 11.5 Å². The molecule has 0 saturated carbocycles. The van der Waals surface area contributed by atoms with Crippen LogP contribution in [-0.2, 0) is 9.53 Å². The highest BCUT2D eigenvalue weighted by Gasteiger charge is 2.43. The summed E-state index contributed by atoms with van der Waals surface area (Å²) in [6.45, 7) is 11.4. The average Bonchev–Trinajstić information content (AvgIpc) is 3.39. The fourth-order valence-corrected chi connectivity index (χ4v) is 6.33. The third-order valence-electron chi connectivity index (χ3n) is 8.09. The Kier molecular flexibility index (Phi) is 8.45. The lowest BCUT2D eigenvalue weighted by Gasteiger charge is -2.51. The number of halogens is 1. The molecule has 2 unspecified atom stereocenters. The van der Waals surface area contributed by atoms with Crippen molar-refractivity contribution in [2.75, 3.05) is 24.5 Å². The molecule has 2 bridgehead atoms. The Bertz CT molecular complexity index is 1350. The molecular formula is C31H41ClN6O3. The number of nitrogens with one attached hydrogen (secondary N) is 1. The Morgan fingerprint density at radius 2 is 1.78 bits per heavy atom. The SMILES string of the molecule is CC(C)N(CC[C@@H](C(=O)N1C2CCCC1CN(c1ncnc3[nH]ccc13)C2)c1ccc(Cl)cc1)C(=O)OC(C)(C)C. The third-order valence-corrected chi connectivity index (χ3v) is 8.34. The summed E-state index contributed by atoms with van der Waals surface area (Å²) in [7, 11) is 0. The number of nitrogens with zero attached hydrogens (tertiary/aromatic N) is 5. The van der Waals surface area contributed by atoms with Crippen LogP contribution in [0.2, 0.25) is 5.02 Å². The monoisotopic (exact) mass is 580 g/mol. The second-order valence-electron chi connectivity index (χ2n) is 12.5. The van der Waals surface area contributed by atoms with Crippen LogP contribution in [0.5, 0.6) is 0 Å². The molecule has 2 aliphatic heterocycles. The predicted molar refractivity (Wildman–Crippen MR) is 161 cm³/mol. The highest BCUT2D eigenvalue weighted by molar-refractivity contribution is 6.30. The summed E-state index contributed by atoms with van der Waals surface area (Å²) in [5.74, 6) is 0.629. The summed E-state index contributed by atoms with van der Waals surface area (Å²) in [6, 6.07) is 9.66. The molecular weight excluding hydrogens is 540 g/mol. The minimum Gasteiger partial charge on any atom is -0.444 e. The lowest BCUT2D eigenvalue weighted by atomic mass is 9.86. The predicted octanol–water partition coefficient (Wildman–Crippen LogP) is 6.00. The maximum atomic E-state index is 14.5. The number of benzene rings is 1. The van der Waals surface area contributed by atoms with Crippen molar-refractivity contribution in [2.24, 2.45) is 0 Å². The normalized spacial score (nSPS) is 19.9. The summed E-state index contributed by atoms with van der Waals surface area (Å²) < 4.78 is 5.69. The molecule has 5 rings (SSSR count). The first-order valence-corrected chi connectivity index (χ1v) is 15.0. The van der Waals surface area contributed by atoms with Crippen molar-refractivity contribution < 1.29 is 14.3 Å². The van der Waals surface area contributed by atoms with Crippen molar-refractivity contribution in [1.29, 1.82) is 0 Å². The van der Waals surface area contributed by atoms with Gasteiger partial charge in [0.15, 0.2) is 0 Å². The molecule has 0 radical (unpaired) electrons. The lowest BCUT2D eigenvalue weighted by Crippen LogP contribution is -2.63. The molecule has 2 amide bonds. The highest BCUT2D eigenvalue weighted by Crippen LogP contribution is 2.36. The molecule has 3 atom stereocenters. The van der Waals surface area contributed by atoms with E-state index in [4.69, 9.17) is 16.3 Å². The lowest BCUT2D eigenvalue weighted by molar-refractivity contribution is -0.141. The Hall–Kier alpha value is -3.33. The van der Waals surface area contributed by atoms with Gasteiger partial charge in [-0.05, 0) is 84.1 Å². The van der Waals surface area contributed by atoms with Crippen molar-refractivity contribution in [3.63, 3.8) is 0 Å². The van der Waals surface area contributed by atoms with Crippen molar-refractivity contribution in [3.05, 3.63) is 53.4 Å². The van der Waals surface area contributed by atoms with E-state index in [1.807, 2.05) is 71.1 Å². The first-order valence-electron chi connectivity index (χ1n) is 14.6. The first kappa shape index (κ1) is 29.2.